The zero-order valence-corrected chi connectivity index (χ0v) is 21.6. The summed E-state index contributed by atoms with van der Waals surface area (Å²) in [7, 11) is 5.77. The molecule has 4 N–H and O–H groups in total. The molecule has 0 radical (unpaired) electrons. The quantitative estimate of drug-likeness (QED) is 0.440. The van der Waals surface area contributed by atoms with E-state index < -0.39 is 25.1 Å². The first-order valence-electron chi connectivity index (χ1n) is 12.6. The summed E-state index contributed by atoms with van der Waals surface area (Å²) in [6.07, 6.45) is 6.00. The van der Waals surface area contributed by atoms with Gasteiger partial charge in [0.15, 0.2) is 6.29 Å². The molecule has 7 nitrogen and oxygen atoms in total. The number of likely N-dealkylation sites (N-methyl/N-ethyl adjacent to an activating group) is 1. The van der Waals surface area contributed by atoms with E-state index in [1.165, 1.54) is 11.1 Å². The Morgan fingerprint density at radius 2 is 2.11 bits per heavy atom. The second-order valence-electron chi connectivity index (χ2n) is 9.92. The number of nitrogens with two attached hydrogens (primary N) is 1. The van der Waals surface area contributed by atoms with Crippen LogP contribution in [0.1, 0.15) is 49.8 Å². The first-order chi connectivity index (χ1) is 16.8. The molecule has 3 rings (SSSR count). The Bertz CT molecular complexity index is 837. The Morgan fingerprint density at radius 3 is 2.71 bits per heavy atom. The van der Waals surface area contributed by atoms with Crippen LogP contribution < -0.4 is 11.1 Å². The van der Waals surface area contributed by atoms with E-state index in [1.54, 1.807) is 13.3 Å². The van der Waals surface area contributed by atoms with Crippen molar-refractivity contribution in [1.29, 1.82) is 0 Å². The molecular weight excluding hydrogens is 447 g/mol. The minimum absolute atomic E-state index is 0.0344. The zero-order chi connectivity index (χ0) is 25.4. The Balaban J connectivity index is 1.54. The van der Waals surface area contributed by atoms with Crippen molar-refractivity contribution in [2.75, 3.05) is 47.5 Å². The number of benzene rings is 1. The van der Waals surface area contributed by atoms with Crippen molar-refractivity contribution in [3.05, 3.63) is 53.4 Å². The van der Waals surface area contributed by atoms with Gasteiger partial charge in [-0.3, -0.25) is 0 Å². The van der Waals surface area contributed by atoms with Crippen molar-refractivity contribution in [3.63, 3.8) is 0 Å². The van der Waals surface area contributed by atoms with Gasteiger partial charge in [-0.05, 0) is 50.6 Å². The maximum absolute atomic E-state index is 14.0. The van der Waals surface area contributed by atoms with Gasteiger partial charge in [0.05, 0.1) is 12.1 Å². The van der Waals surface area contributed by atoms with Crippen molar-refractivity contribution < 1.29 is 19.0 Å². The molecule has 2 heterocycles. The van der Waals surface area contributed by atoms with Crippen molar-refractivity contribution >= 4 is 5.57 Å². The molecule has 2 aliphatic heterocycles. The molecule has 0 spiro atoms. The number of alkyl halides is 1. The van der Waals surface area contributed by atoms with Gasteiger partial charge in [-0.15, -0.1) is 0 Å². The van der Waals surface area contributed by atoms with Gasteiger partial charge in [0, 0.05) is 57.5 Å². The van der Waals surface area contributed by atoms with Gasteiger partial charge in [0.1, 0.15) is 12.8 Å². The molecule has 1 saturated heterocycles. The topological polar surface area (TPSA) is 83.2 Å². The van der Waals surface area contributed by atoms with Gasteiger partial charge >= 0.3 is 0 Å². The van der Waals surface area contributed by atoms with E-state index in [2.05, 4.69) is 40.4 Å². The molecule has 0 unspecified atom stereocenters. The predicted molar refractivity (Wildman–Crippen MR) is 138 cm³/mol. The first kappa shape index (κ1) is 27.6. The lowest BCUT2D eigenvalue weighted by atomic mass is 9.96. The number of nitrogens with one attached hydrogen (secondary N) is 1. The summed E-state index contributed by atoms with van der Waals surface area (Å²) >= 11 is 0. The average Bonchev–Trinajstić information content (AvgIpc) is 2.85. The van der Waals surface area contributed by atoms with E-state index in [4.69, 9.17) is 15.2 Å². The molecule has 0 aromatic heterocycles. The van der Waals surface area contributed by atoms with Crippen LogP contribution in [0.5, 0.6) is 0 Å². The summed E-state index contributed by atoms with van der Waals surface area (Å²) in [6.45, 7) is 4.16. The number of halogens is 1. The van der Waals surface area contributed by atoms with Crippen molar-refractivity contribution in [3.8, 4) is 0 Å². The summed E-state index contributed by atoms with van der Waals surface area (Å²) in [4.78, 5) is 4.50. The average molecular weight is 491 g/mol. The van der Waals surface area contributed by atoms with Gasteiger partial charge in [0.2, 0.25) is 0 Å². The van der Waals surface area contributed by atoms with Crippen LogP contribution in [0.2, 0.25) is 0 Å². The van der Waals surface area contributed by atoms with Gasteiger partial charge in [-0.1, -0.05) is 30.3 Å². The standard InChI is InChI=1S/C27H43FN4O3/c1-19-15-24(16-26(33)35-19)32(3)14-11-23(29)18-30-25(17-28)27(34-4)22-7-5-20(6-8-22)21-9-12-31(2)13-10-21/h5-9,18-19,24-27,30,33H,10-17,29H2,1-4H3/b23-18-/t19-,24+,25-,26-,27-/m1/s1. The minimum Gasteiger partial charge on any atom is -0.401 e. The predicted octanol–water partition coefficient (Wildman–Crippen LogP) is 3.03. The molecule has 196 valence electrons. The lowest BCUT2D eigenvalue weighted by molar-refractivity contribution is -0.173. The highest BCUT2D eigenvalue weighted by atomic mass is 19.1. The molecule has 35 heavy (non-hydrogen) atoms. The number of rotatable bonds is 11. The fourth-order valence-corrected chi connectivity index (χ4v) is 4.89. The number of ether oxygens (including phenoxy) is 2. The highest BCUT2D eigenvalue weighted by molar-refractivity contribution is 5.66. The molecule has 2 aliphatic rings. The third-order valence-corrected chi connectivity index (χ3v) is 7.13. The van der Waals surface area contributed by atoms with E-state index in [0.717, 1.165) is 38.0 Å². The monoisotopic (exact) mass is 490 g/mol. The molecule has 1 aromatic rings. The highest BCUT2D eigenvalue weighted by Crippen LogP contribution is 2.27. The molecule has 5 atom stereocenters. The minimum atomic E-state index is -0.716. The van der Waals surface area contributed by atoms with Crippen LogP contribution in [0.4, 0.5) is 4.39 Å². The lowest BCUT2D eigenvalue weighted by Crippen LogP contribution is -2.43. The Labute approximate surface area is 209 Å². The van der Waals surface area contributed by atoms with Crippen LogP contribution in [0, 0.1) is 0 Å². The second kappa shape index (κ2) is 13.4. The third kappa shape index (κ3) is 8.02. The highest BCUT2D eigenvalue weighted by Gasteiger charge is 2.28. The fraction of sp³-hybridized carbons (Fsp3) is 0.630. The van der Waals surface area contributed by atoms with Crippen LogP contribution in [0.25, 0.3) is 5.57 Å². The molecule has 0 amide bonds. The maximum Gasteiger partial charge on any atom is 0.156 e. The summed E-state index contributed by atoms with van der Waals surface area (Å²) in [5, 5.41) is 13.0. The molecule has 1 fully saturated rings. The van der Waals surface area contributed by atoms with E-state index in [0.29, 0.717) is 18.5 Å². The van der Waals surface area contributed by atoms with Crippen LogP contribution in [-0.2, 0) is 9.47 Å². The fourth-order valence-electron chi connectivity index (χ4n) is 4.89. The molecule has 8 heteroatoms. The summed E-state index contributed by atoms with van der Waals surface area (Å²) in [5.41, 5.74) is 10.4. The lowest BCUT2D eigenvalue weighted by Gasteiger charge is -2.36. The van der Waals surface area contributed by atoms with Crippen molar-refractivity contribution in [2.24, 2.45) is 5.73 Å². The van der Waals surface area contributed by atoms with Crippen LogP contribution in [-0.4, -0.2) is 86.9 Å². The number of hydrogen-bond donors (Lipinski definition) is 3. The summed E-state index contributed by atoms with van der Waals surface area (Å²) in [6, 6.07) is 7.95. The Kier molecular flexibility index (Phi) is 10.5. The van der Waals surface area contributed by atoms with E-state index >= 15 is 0 Å². The van der Waals surface area contributed by atoms with Crippen LogP contribution in [0.15, 0.2) is 42.2 Å². The SMILES string of the molecule is CO[C@H](c1ccc(C2=CCN(C)CC2)cc1)[C@@H](CF)N/C=C(\N)CCN(C)[C@H]1C[C@@H](C)O[C@@H](O)C1. The molecule has 0 bridgehead atoms. The molecule has 0 saturated carbocycles. The second-order valence-corrected chi connectivity index (χ2v) is 9.92. The molecule has 0 aliphatic carbocycles. The third-order valence-electron chi connectivity index (χ3n) is 7.13. The number of aliphatic hydroxyl groups is 1. The van der Waals surface area contributed by atoms with Crippen molar-refractivity contribution in [1.82, 2.24) is 15.1 Å². The Hall–Kier alpha value is -1.97. The Morgan fingerprint density at radius 1 is 1.37 bits per heavy atom. The number of hydrogen-bond acceptors (Lipinski definition) is 7. The first-order valence-corrected chi connectivity index (χ1v) is 12.6. The normalized spacial score (nSPS) is 25.9. The number of aliphatic hydroxyl groups excluding tert-OH is 1. The van der Waals surface area contributed by atoms with E-state index in [-0.39, 0.29) is 12.1 Å². The van der Waals surface area contributed by atoms with E-state index in [1.807, 2.05) is 26.1 Å². The van der Waals surface area contributed by atoms with Crippen LogP contribution >= 0.6 is 0 Å². The van der Waals surface area contributed by atoms with Crippen molar-refractivity contribution in [2.45, 2.75) is 63.2 Å². The van der Waals surface area contributed by atoms with Gasteiger partial charge < -0.3 is 35.4 Å². The zero-order valence-electron chi connectivity index (χ0n) is 21.6. The maximum atomic E-state index is 14.0. The van der Waals surface area contributed by atoms with Gasteiger partial charge in [-0.2, -0.15) is 0 Å². The summed E-state index contributed by atoms with van der Waals surface area (Å²) < 4.78 is 25.1. The smallest absolute Gasteiger partial charge is 0.156 e. The number of methoxy groups -OCH3 is 1. The molecule has 1 aromatic carbocycles. The van der Waals surface area contributed by atoms with Gasteiger partial charge in [-0.25, -0.2) is 4.39 Å². The summed E-state index contributed by atoms with van der Waals surface area (Å²) in [5.74, 6) is 0. The van der Waals surface area contributed by atoms with Gasteiger partial charge in [0.25, 0.3) is 0 Å². The largest absolute Gasteiger partial charge is 0.401 e. The van der Waals surface area contributed by atoms with Crippen LogP contribution in [0.3, 0.4) is 0 Å². The van der Waals surface area contributed by atoms with E-state index in [9.17, 15) is 9.50 Å². The number of nitrogens with zero attached hydrogens (tertiary/aromatic N) is 2. The molecular formula is C27H43FN4O3.